The first-order valence-electron chi connectivity index (χ1n) is 6.81. The van der Waals surface area contributed by atoms with Crippen LogP contribution in [0.3, 0.4) is 0 Å². The van der Waals surface area contributed by atoms with E-state index >= 15 is 0 Å². The molecule has 3 aromatic heterocycles. The Morgan fingerprint density at radius 3 is 2.41 bits per heavy atom. The van der Waals surface area contributed by atoms with Crippen molar-refractivity contribution in [1.29, 1.82) is 0 Å². The predicted octanol–water partition coefficient (Wildman–Crippen LogP) is 2.37. The minimum atomic E-state index is -0.245. The van der Waals surface area contributed by atoms with E-state index in [2.05, 4.69) is 20.1 Å². The highest BCUT2D eigenvalue weighted by Crippen LogP contribution is 2.19. The predicted molar refractivity (Wildman–Crippen MR) is 81.5 cm³/mol. The minimum absolute atomic E-state index is 0.245. The van der Waals surface area contributed by atoms with Gasteiger partial charge in [-0.3, -0.25) is 9.78 Å². The van der Waals surface area contributed by atoms with Gasteiger partial charge >= 0.3 is 0 Å². The number of hydrogen-bond acceptors (Lipinski definition) is 5. The highest BCUT2D eigenvalue weighted by atomic mass is 16.2. The molecule has 1 aromatic carbocycles. The Labute approximate surface area is 125 Å². The van der Waals surface area contributed by atoms with Crippen molar-refractivity contribution in [2.45, 2.75) is 6.92 Å². The number of aromatic nitrogens is 5. The molecule has 3 heterocycles. The van der Waals surface area contributed by atoms with Crippen molar-refractivity contribution >= 4 is 28.1 Å². The normalized spacial score (nSPS) is 11.1. The summed E-state index contributed by atoms with van der Waals surface area (Å²) in [5, 5.41) is 4.31. The lowest BCUT2D eigenvalue weighted by Gasteiger charge is -2.02. The summed E-state index contributed by atoms with van der Waals surface area (Å²) in [7, 11) is 0. The molecule has 0 bridgehead atoms. The lowest BCUT2D eigenvalue weighted by Crippen LogP contribution is -2.14. The number of benzene rings is 1. The van der Waals surface area contributed by atoms with Crippen LogP contribution in [0.4, 0.5) is 0 Å². The van der Waals surface area contributed by atoms with Crippen LogP contribution in [0.15, 0.2) is 48.8 Å². The van der Waals surface area contributed by atoms with Gasteiger partial charge in [-0.1, -0.05) is 12.1 Å². The first-order valence-corrected chi connectivity index (χ1v) is 6.81. The Kier molecular flexibility index (Phi) is 2.69. The van der Waals surface area contributed by atoms with Crippen LogP contribution in [-0.2, 0) is 0 Å². The van der Waals surface area contributed by atoms with Gasteiger partial charge < -0.3 is 0 Å². The number of pyridine rings is 1. The maximum Gasteiger partial charge on any atom is 0.280 e. The summed E-state index contributed by atoms with van der Waals surface area (Å²) in [5.74, 6) is -0.245. The van der Waals surface area contributed by atoms with E-state index in [0.29, 0.717) is 22.4 Å². The minimum Gasteiger partial charge on any atom is -0.267 e. The lowest BCUT2D eigenvalue weighted by atomic mass is 10.2. The molecule has 0 spiro atoms. The molecule has 0 N–H and O–H groups in total. The number of nitrogens with zero attached hydrogens (tertiary/aromatic N) is 5. The zero-order valence-electron chi connectivity index (χ0n) is 11.8. The van der Waals surface area contributed by atoms with Gasteiger partial charge in [0.25, 0.3) is 5.91 Å². The zero-order chi connectivity index (χ0) is 15.1. The Morgan fingerprint density at radius 1 is 1.00 bits per heavy atom. The van der Waals surface area contributed by atoms with Crippen LogP contribution in [0.5, 0.6) is 0 Å². The number of hydrogen-bond donors (Lipinski definition) is 0. The van der Waals surface area contributed by atoms with Crippen LogP contribution in [0.2, 0.25) is 0 Å². The van der Waals surface area contributed by atoms with Crippen LogP contribution in [-0.4, -0.2) is 30.6 Å². The highest BCUT2D eigenvalue weighted by Gasteiger charge is 2.18. The quantitative estimate of drug-likeness (QED) is 0.538. The smallest absolute Gasteiger partial charge is 0.267 e. The molecule has 0 aliphatic heterocycles. The Morgan fingerprint density at radius 2 is 1.68 bits per heavy atom. The third-order valence-corrected chi connectivity index (χ3v) is 3.47. The summed E-state index contributed by atoms with van der Waals surface area (Å²) in [6, 6.07) is 10.9. The van der Waals surface area contributed by atoms with Crippen molar-refractivity contribution in [2.75, 3.05) is 0 Å². The van der Waals surface area contributed by atoms with Crippen molar-refractivity contribution in [3.63, 3.8) is 0 Å². The first kappa shape index (κ1) is 12.6. The second-order valence-corrected chi connectivity index (χ2v) is 4.92. The van der Waals surface area contributed by atoms with Crippen molar-refractivity contribution in [1.82, 2.24) is 24.7 Å². The molecule has 0 saturated heterocycles. The second kappa shape index (κ2) is 4.70. The molecule has 6 nitrogen and oxygen atoms in total. The zero-order valence-corrected chi connectivity index (χ0v) is 11.8. The van der Waals surface area contributed by atoms with Crippen LogP contribution >= 0.6 is 0 Å². The third kappa shape index (κ3) is 1.85. The maximum absolute atomic E-state index is 12.6. The Bertz CT molecular complexity index is 1010. The van der Waals surface area contributed by atoms with Crippen molar-refractivity contribution in [3.8, 4) is 0 Å². The van der Waals surface area contributed by atoms with E-state index in [1.807, 2.05) is 31.2 Å². The lowest BCUT2D eigenvalue weighted by molar-refractivity contribution is 0.0949. The molecule has 0 aliphatic carbocycles. The molecule has 0 amide bonds. The average Bonchev–Trinajstić information content (AvgIpc) is 2.89. The molecule has 0 aliphatic rings. The number of para-hydroxylation sites is 2. The molecule has 4 rings (SSSR count). The van der Waals surface area contributed by atoms with E-state index in [4.69, 9.17) is 0 Å². The van der Waals surface area contributed by atoms with E-state index < -0.39 is 0 Å². The van der Waals surface area contributed by atoms with Crippen LogP contribution in [0, 0.1) is 6.92 Å². The number of fused-ring (bicyclic) bond motifs is 2. The molecule has 0 unspecified atom stereocenters. The molecule has 0 fully saturated rings. The molecule has 6 heteroatoms. The van der Waals surface area contributed by atoms with Gasteiger partial charge in [-0.05, 0) is 31.2 Å². The third-order valence-electron chi connectivity index (χ3n) is 3.47. The molecule has 0 atom stereocenters. The molecule has 106 valence electrons. The van der Waals surface area contributed by atoms with E-state index in [-0.39, 0.29) is 5.91 Å². The van der Waals surface area contributed by atoms with Crippen molar-refractivity contribution < 1.29 is 4.79 Å². The fourth-order valence-electron chi connectivity index (χ4n) is 2.38. The van der Waals surface area contributed by atoms with E-state index in [1.165, 1.54) is 4.68 Å². The van der Waals surface area contributed by atoms with Crippen LogP contribution < -0.4 is 0 Å². The Hall–Kier alpha value is -3.15. The SMILES string of the molecule is Cc1nn(C(=O)c2ccncc2)c2nc3ccccc3nc12. The van der Waals surface area contributed by atoms with Crippen LogP contribution in [0.25, 0.3) is 22.2 Å². The second-order valence-electron chi connectivity index (χ2n) is 4.92. The summed E-state index contributed by atoms with van der Waals surface area (Å²) < 4.78 is 1.30. The van der Waals surface area contributed by atoms with Gasteiger partial charge in [-0.2, -0.15) is 9.78 Å². The van der Waals surface area contributed by atoms with E-state index in [1.54, 1.807) is 24.5 Å². The first-order chi connectivity index (χ1) is 10.7. The molecule has 0 saturated carbocycles. The van der Waals surface area contributed by atoms with E-state index in [9.17, 15) is 4.79 Å². The average molecular weight is 289 g/mol. The van der Waals surface area contributed by atoms with Gasteiger partial charge in [-0.25, -0.2) is 9.97 Å². The van der Waals surface area contributed by atoms with E-state index in [0.717, 1.165) is 11.0 Å². The molecule has 22 heavy (non-hydrogen) atoms. The van der Waals surface area contributed by atoms with Gasteiger partial charge in [0.05, 0.1) is 16.7 Å². The fraction of sp³-hybridized carbons (Fsp3) is 0.0625. The number of aryl methyl sites for hydroxylation is 1. The molecular weight excluding hydrogens is 278 g/mol. The van der Waals surface area contributed by atoms with Gasteiger partial charge in [0.2, 0.25) is 0 Å². The van der Waals surface area contributed by atoms with Crippen molar-refractivity contribution in [2.24, 2.45) is 0 Å². The summed E-state index contributed by atoms with van der Waals surface area (Å²) >= 11 is 0. The summed E-state index contributed by atoms with van der Waals surface area (Å²) in [5.41, 5.74) is 3.82. The van der Waals surface area contributed by atoms with Gasteiger partial charge in [-0.15, -0.1) is 0 Å². The van der Waals surface area contributed by atoms with Crippen molar-refractivity contribution in [3.05, 3.63) is 60.0 Å². The Balaban J connectivity index is 1.98. The summed E-state index contributed by atoms with van der Waals surface area (Å²) in [6.07, 6.45) is 3.15. The molecular formula is C16H11N5O. The molecule has 4 aromatic rings. The highest BCUT2D eigenvalue weighted by molar-refractivity contribution is 6.00. The fourth-order valence-corrected chi connectivity index (χ4v) is 2.38. The summed E-state index contributed by atoms with van der Waals surface area (Å²) in [4.78, 5) is 25.6. The van der Waals surface area contributed by atoms with Gasteiger partial charge in [0.15, 0.2) is 5.65 Å². The standard InChI is InChI=1S/C16H11N5O/c1-10-14-15(19-13-5-3-2-4-12(13)18-14)21(20-10)16(22)11-6-8-17-9-7-11/h2-9H,1H3. The van der Waals surface area contributed by atoms with Gasteiger partial charge in [0.1, 0.15) is 5.52 Å². The molecule has 0 radical (unpaired) electrons. The number of carbonyl (C=O) groups is 1. The maximum atomic E-state index is 12.6. The monoisotopic (exact) mass is 289 g/mol. The van der Waals surface area contributed by atoms with Crippen LogP contribution in [0.1, 0.15) is 16.1 Å². The summed E-state index contributed by atoms with van der Waals surface area (Å²) in [6.45, 7) is 1.82. The number of rotatable bonds is 1. The largest absolute Gasteiger partial charge is 0.280 e. The van der Waals surface area contributed by atoms with Gasteiger partial charge in [0, 0.05) is 18.0 Å². The topological polar surface area (TPSA) is 73.6 Å². The number of carbonyl (C=O) groups excluding carboxylic acids is 1.